The van der Waals surface area contributed by atoms with Crippen molar-refractivity contribution < 1.29 is 15.1 Å². The number of amides is 1. The Balaban J connectivity index is 1.31. The van der Waals surface area contributed by atoms with Gasteiger partial charge < -0.3 is 20.2 Å². The number of nitrogens with one attached hydrogen (secondary N) is 3. The molecular weight excluding hydrogens is 424 g/mol. The third-order valence-corrected chi connectivity index (χ3v) is 8.13. The minimum Gasteiger partial charge on any atom is -0.508 e. The molecule has 178 valence electrons. The smallest absolute Gasteiger partial charge is 0.251 e. The van der Waals surface area contributed by atoms with E-state index < -0.39 is 8.24 Å². The number of hydroxylamine groups is 1. The quantitative estimate of drug-likeness (QED) is 0.194. The van der Waals surface area contributed by atoms with Gasteiger partial charge in [0.15, 0.2) is 8.24 Å². The molecule has 0 aliphatic carbocycles. The highest BCUT2D eigenvalue weighted by atomic mass is 28.3. The summed E-state index contributed by atoms with van der Waals surface area (Å²) in [5.41, 5.74) is 3.07. The highest BCUT2D eigenvalue weighted by molar-refractivity contribution is 6.75. The summed E-state index contributed by atoms with van der Waals surface area (Å²) in [6, 6.07) is 6.31. The normalized spacial score (nSPS) is 21.4. The van der Waals surface area contributed by atoms with Gasteiger partial charge in [0, 0.05) is 18.7 Å². The Kier molecular flexibility index (Phi) is 8.66. The van der Waals surface area contributed by atoms with Gasteiger partial charge in [0.05, 0.1) is 19.4 Å². The summed E-state index contributed by atoms with van der Waals surface area (Å²) in [5, 5.41) is 25.5. The average Bonchev–Trinajstić information content (AvgIpc) is 3.20. The molecule has 5 N–H and O–H groups in total. The van der Waals surface area contributed by atoms with E-state index in [0.29, 0.717) is 18.8 Å². The first-order valence-electron chi connectivity index (χ1n) is 11.6. The molecule has 1 aromatic carbocycles. The molecule has 0 radical (unpaired) electrons. The second-order valence-electron chi connectivity index (χ2n) is 9.55. The second-order valence-corrected chi connectivity index (χ2v) is 14.4. The van der Waals surface area contributed by atoms with E-state index in [1.807, 2.05) is 0 Å². The van der Waals surface area contributed by atoms with Crippen LogP contribution in [0.1, 0.15) is 42.5 Å². The van der Waals surface area contributed by atoms with Gasteiger partial charge in [0.25, 0.3) is 5.91 Å². The van der Waals surface area contributed by atoms with Crippen LogP contribution in [0.3, 0.4) is 0 Å². The van der Waals surface area contributed by atoms with Gasteiger partial charge in [-0.3, -0.25) is 20.0 Å². The number of benzene rings is 1. The molecule has 0 saturated carbocycles. The molecular formula is C22H38N6O3Si. The van der Waals surface area contributed by atoms with Crippen LogP contribution in [-0.4, -0.2) is 78.4 Å². The van der Waals surface area contributed by atoms with Crippen molar-refractivity contribution in [2.45, 2.75) is 64.0 Å². The van der Waals surface area contributed by atoms with Crippen LogP contribution in [0.25, 0.3) is 0 Å². The number of rotatable bonds is 11. The number of phenols is 1. The predicted molar refractivity (Wildman–Crippen MR) is 128 cm³/mol. The number of unbranched alkanes of at least 4 members (excludes halogenated alkanes) is 4. The number of carbonyl (C=O) groups is 1. The van der Waals surface area contributed by atoms with Gasteiger partial charge in [-0.1, -0.05) is 38.9 Å². The number of carbonyl (C=O) groups excluding carboxylic acids is 1. The van der Waals surface area contributed by atoms with E-state index in [4.69, 9.17) is 4.99 Å². The number of phenolic OH excluding ortho intramolecular Hbond substituents is 1. The predicted octanol–water partition coefficient (Wildman–Crippen LogP) is 2.12. The van der Waals surface area contributed by atoms with Gasteiger partial charge in [0.2, 0.25) is 0 Å². The van der Waals surface area contributed by atoms with E-state index in [1.54, 1.807) is 12.1 Å². The highest BCUT2D eigenvalue weighted by Crippen LogP contribution is 2.23. The fourth-order valence-corrected chi connectivity index (χ4v) is 5.72. The van der Waals surface area contributed by atoms with Crippen LogP contribution in [0.5, 0.6) is 5.75 Å². The van der Waals surface area contributed by atoms with Crippen molar-refractivity contribution in [1.29, 1.82) is 0 Å². The standard InChI is InChI=1S/C22H38N6O3Si/c1-32(2,3)28-16-24-19-20(28)25-15-27(21(19)26-31)14-8-6-4-5-7-13-23-22(30)17-9-11-18(29)12-10-17/h9-12,19,21,24,26,29,31H,4-8,13-16H2,1-3H3,(H,23,30). The highest BCUT2D eigenvalue weighted by Gasteiger charge is 2.44. The summed E-state index contributed by atoms with van der Waals surface area (Å²) in [6.07, 6.45) is 5.12. The first kappa shape index (κ1) is 24.7. The van der Waals surface area contributed by atoms with Crippen LogP contribution in [0.2, 0.25) is 19.6 Å². The molecule has 2 unspecified atom stereocenters. The third-order valence-electron chi connectivity index (χ3n) is 6.13. The summed E-state index contributed by atoms with van der Waals surface area (Å²) in [4.78, 5) is 19.1. The SMILES string of the molecule is C[Si](C)(C)N1CNC2C1=NCN(CCCCCCCNC(=O)c1ccc(O)cc1)C2NO. The van der Waals surface area contributed by atoms with Crippen molar-refractivity contribution in [3.8, 4) is 5.75 Å². The zero-order valence-electron chi connectivity index (χ0n) is 19.5. The van der Waals surface area contributed by atoms with E-state index >= 15 is 0 Å². The lowest BCUT2D eigenvalue weighted by atomic mass is 10.1. The molecule has 1 aromatic rings. The zero-order valence-corrected chi connectivity index (χ0v) is 20.5. The maximum Gasteiger partial charge on any atom is 0.251 e. The molecule has 9 nitrogen and oxygen atoms in total. The van der Waals surface area contributed by atoms with Crippen LogP contribution in [0.15, 0.2) is 29.3 Å². The van der Waals surface area contributed by atoms with E-state index in [1.165, 1.54) is 12.1 Å². The summed E-state index contributed by atoms with van der Waals surface area (Å²) >= 11 is 0. The van der Waals surface area contributed by atoms with Gasteiger partial charge in [0.1, 0.15) is 17.8 Å². The van der Waals surface area contributed by atoms with E-state index in [0.717, 1.165) is 51.2 Å². The average molecular weight is 463 g/mol. The summed E-state index contributed by atoms with van der Waals surface area (Å²) in [5.74, 6) is 1.14. The lowest BCUT2D eigenvalue weighted by molar-refractivity contribution is 0.0201. The number of hydrogen-bond acceptors (Lipinski definition) is 8. The number of aliphatic imine (C=N–C) groups is 1. The van der Waals surface area contributed by atoms with Crippen molar-refractivity contribution >= 4 is 20.0 Å². The topological polar surface area (TPSA) is 112 Å². The Morgan fingerprint density at radius 3 is 2.53 bits per heavy atom. The fourth-order valence-electron chi connectivity index (χ4n) is 4.26. The van der Waals surface area contributed by atoms with Crippen LogP contribution in [-0.2, 0) is 0 Å². The van der Waals surface area contributed by atoms with Crippen molar-refractivity contribution in [3.05, 3.63) is 29.8 Å². The van der Waals surface area contributed by atoms with Crippen molar-refractivity contribution in [2.75, 3.05) is 26.4 Å². The number of nitrogens with zero attached hydrogens (tertiary/aromatic N) is 3. The minimum atomic E-state index is -1.50. The molecule has 0 bridgehead atoms. The summed E-state index contributed by atoms with van der Waals surface area (Å²) in [7, 11) is -1.50. The van der Waals surface area contributed by atoms with Gasteiger partial charge >= 0.3 is 0 Å². The van der Waals surface area contributed by atoms with Crippen molar-refractivity contribution in [3.63, 3.8) is 0 Å². The monoisotopic (exact) mass is 462 g/mol. The van der Waals surface area contributed by atoms with Crippen LogP contribution < -0.4 is 16.1 Å². The number of fused-ring (bicyclic) bond motifs is 1. The molecule has 2 aliphatic heterocycles. The van der Waals surface area contributed by atoms with Gasteiger partial charge in [-0.15, -0.1) is 0 Å². The molecule has 10 heteroatoms. The van der Waals surface area contributed by atoms with Gasteiger partial charge in [-0.2, -0.15) is 5.48 Å². The maximum atomic E-state index is 12.0. The van der Waals surface area contributed by atoms with E-state index in [-0.39, 0.29) is 23.9 Å². The van der Waals surface area contributed by atoms with Crippen LogP contribution in [0.4, 0.5) is 0 Å². The largest absolute Gasteiger partial charge is 0.508 e. The first-order valence-corrected chi connectivity index (χ1v) is 15.0. The lowest BCUT2D eigenvalue weighted by Crippen LogP contribution is -2.61. The molecule has 1 amide bonds. The second kappa shape index (κ2) is 11.2. The van der Waals surface area contributed by atoms with E-state index in [2.05, 4.69) is 45.2 Å². The molecule has 0 aromatic heterocycles. The van der Waals surface area contributed by atoms with Crippen molar-refractivity contribution in [2.24, 2.45) is 4.99 Å². The summed E-state index contributed by atoms with van der Waals surface area (Å²) < 4.78 is 2.40. The molecule has 2 heterocycles. The van der Waals surface area contributed by atoms with Gasteiger partial charge in [-0.05, 0) is 37.1 Å². The number of aromatic hydroxyl groups is 1. The molecule has 1 saturated heterocycles. The summed E-state index contributed by atoms with van der Waals surface area (Å²) in [6.45, 7) is 9.88. The maximum absolute atomic E-state index is 12.0. The Morgan fingerprint density at radius 2 is 1.84 bits per heavy atom. The Hall–Kier alpha value is -1.98. The lowest BCUT2D eigenvalue weighted by Gasteiger charge is -2.39. The third kappa shape index (κ3) is 6.29. The van der Waals surface area contributed by atoms with Crippen LogP contribution in [0, 0.1) is 0 Å². The first-order chi connectivity index (χ1) is 15.3. The molecule has 1 fully saturated rings. The molecule has 2 atom stereocenters. The molecule has 2 aliphatic rings. The van der Waals surface area contributed by atoms with Gasteiger partial charge in [-0.25, -0.2) is 0 Å². The van der Waals surface area contributed by atoms with Crippen molar-refractivity contribution in [1.82, 2.24) is 25.6 Å². The Bertz CT molecular complexity index is 783. The van der Waals surface area contributed by atoms with E-state index in [9.17, 15) is 15.1 Å². The number of hydrogen-bond donors (Lipinski definition) is 5. The Labute approximate surface area is 191 Å². The number of amidine groups is 1. The zero-order chi connectivity index (χ0) is 23.1. The van der Waals surface area contributed by atoms with Crippen LogP contribution >= 0.6 is 0 Å². The molecule has 32 heavy (non-hydrogen) atoms. The molecule has 0 spiro atoms. The molecule has 3 rings (SSSR count). The Morgan fingerprint density at radius 1 is 1.16 bits per heavy atom. The fraction of sp³-hybridized carbons (Fsp3) is 0.636. The minimum absolute atomic E-state index is 0.0256.